The molecule has 3 rings (SSSR count). The number of rotatable bonds is 8. The number of nitro benzene ring substituents is 1. The van der Waals surface area contributed by atoms with Crippen LogP contribution in [0.2, 0.25) is 0 Å². The van der Waals surface area contributed by atoms with Crippen molar-refractivity contribution in [2.75, 3.05) is 44.8 Å². The fraction of sp³-hybridized carbons (Fsp3) is 0.611. The molecule has 2 aromatic rings. The molecule has 1 aliphatic heterocycles. The number of non-ortho nitro benzene ring substituents is 1. The van der Waals surface area contributed by atoms with Crippen molar-refractivity contribution in [2.45, 2.75) is 26.4 Å². The summed E-state index contributed by atoms with van der Waals surface area (Å²) in [4.78, 5) is 15.1. The van der Waals surface area contributed by atoms with E-state index in [9.17, 15) is 10.1 Å². The number of halogens is 1. The highest BCUT2D eigenvalue weighted by molar-refractivity contribution is 5.85. The number of ether oxygens (including phenoxy) is 1. The van der Waals surface area contributed by atoms with Crippen molar-refractivity contribution in [3.05, 3.63) is 40.2 Å². The first kappa shape index (κ1) is 23.0. The summed E-state index contributed by atoms with van der Waals surface area (Å²) in [6, 6.07) is 6.88. The van der Waals surface area contributed by atoms with Gasteiger partial charge in [-0.05, 0) is 28.5 Å². The van der Waals surface area contributed by atoms with E-state index in [0.717, 1.165) is 37.7 Å². The van der Waals surface area contributed by atoms with Gasteiger partial charge in [0, 0.05) is 51.1 Å². The monoisotopic (exact) mass is 425 g/mol. The summed E-state index contributed by atoms with van der Waals surface area (Å²) in [5.41, 5.74) is 1.13. The molecule has 1 fully saturated rings. The fourth-order valence-electron chi connectivity index (χ4n) is 3.69. The number of hydrogen-bond donors (Lipinski definition) is 0. The minimum atomic E-state index is -0.372. The second kappa shape index (κ2) is 10.5. The van der Waals surface area contributed by atoms with Gasteiger partial charge in [0.05, 0.1) is 24.1 Å². The van der Waals surface area contributed by atoms with Crippen LogP contribution >= 0.6 is 12.4 Å². The van der Waals surface area contributed by atoms with E-state index in [4.69, 9.17) is 4.74 Å². The minimum absolute atomic E-state index is 0. The third kappa shape index (κ3) is 5.40. The standard InChI is InChI=1S/C18H27N7O3.ClH/c1-14(2)17(18-19-20-21-24(18)12-13-28-3)23-10-8-22(9-11-23)15-4-6-16(7-5-15)25(26)27;/h4-7,14,17H,8-13H2,1-3H3;1H. The third-order valence-electron chi connectivity index (χ3n) is 5.10. The number of tetrazole rings is 1. The van der Waals surface area contributed by atoms with Gasteiger partial charge in [-0.1, -0.05) is 13.8 Å². The van der Waals surface area contributed by atoms with E-state index in [1.807, 2.05) is 16.8 Å². The zero-order chi connectivity index (χ0) is 20.1. The Kier molecular flexibility index (Phi) is 8.30. The Balaban J connectivity index is 0.00000300. The minimum Gasteiger partial charge on any atom is -0.383 e. The van der Waals surface area contributed by atoms with Crippen LogP contribution in [0.5, 0.6) is 0 Å². The number of benzene rings is 1. The van der Waals surface area contributed by atoms with Gasteiger partial charge in [0.2, 0.25) is 0 Å². The summed E-state index contributed by atoms with van der Waals surface area (Å²) >= 11 is 0. The van der Waals surface area contributed by atoms with Crippen molar-refractivity contribution in [1.82, 2.24) is 25.1 Å². The van der Waals surface area contributed by atoms with E-state index in [1.54, 1.807) is 19.2 Å². The van der Waals surface area contributed by atoms with E-state index in [2.05, 4.69) is 39.2 Å². The van der Waals surface area contributed by atoms with Gasteiger partial charge in [-0.3, -0.25) is 15.0 Å². The molecular weight excluding hydrogens is 398 g/mol. The van der Waals surface area contributed by atoms with E-state index in [1.165, 1.54) is 0 Å². The van der Waals surface area contributed by atoms with Gasteiger partial charge in [0.1, 0.15) is 0 Å². The van der Waals surface area contributed by atoms with Gasteiger partial charge in [-0.2, -0.15) is 0 Å². The molecule has 0 radical (unpaired) electrons. The molecular formula is C18H28ClN7O3. The largest absolute Gasteiger partial charge is 0.383 e. The summed E-state index contributed by atoms with van der Waals surface area (Å²) < 4.78 is 6.99. The molecule has 1 aliphatic rings. The highest BCUT2D eigenvalue weighted by Gasteiger charge is 2.31. The maximum Gasteiger partial charge on any atom is 0.269 e. The van der Waals surface area contributed by atoms with Crippen molar-refractivity contribution in [3.63, 3.8) is 0 Å². The zero-order valence-corrected chi connectivity index (χ0v) is 17.8. The summed E-state index contributed by atoms with van der Waals surface area (Å²) in [7, 11) is 1.67. The molecule has 29 heavy (non-hydrogen) atoms. The number of nitro groups is 1. The molecule has 0 N–H and O–H groups in total. The first-order valence-electron chi connectivity index (χ1n) is 9.49. The van der Waals surface area contributed by atoms with Crippen LogP contribution in [0.4, 0.5) is 11.4 Å². The molecule has 2 heterocycles. The summed E-state index contributed by atoms with van der Waals surface area (Å²) in [5.74, 6) is 1.23. The predicted molar refractivity (Wildman–Crippen MR) is 111 cm³/mol. The van der Waals surface area contributed by atoms with Crippen molar-refractivity contribution in [1.29, 1.82) is 0 Å². The summed E-state index contributed by atoms with van der Waals surface area (Å²) in [6.45, 7) is 9.00. The lowest BCUT2D eigenvalue weighted by atomic mass is 10.0. The first-order valence-corrected chi connectivity index (χ1v) is 9.49. The van der Waals surface area contributed by atoms with Gasteiger partial charge < -0.3 is 9.64 Å². The van der Waals surface area contributed by atoms with Gasteiger partial charge in [0.15, 0.2) is 5.82 Å². The highest BCUT2D eigenvalue weighted by Crippen LogP contribution is 2.29. The zero-order valence-electron chi connectivity index (χ0n) is 17.0. The molecule has 11 heteroatoms. The predicted octanol–water partition coefficient (Wildman–Crippen LogP) is 2.17. The smallest absolute Gasteiger partial charge is 0.269 e. The second-order valence-corrected chi connectivity index (χ2v) is 7.24. The number of anilines is 1. The number of nitrogens with zero attached hydrogens (tertiary/aromatic N) is 7. The second-order valence-electron chi connectivity index (χ2n) is 7.24. The van der Waals surface area contributed by atoms with Crippen molar-refractivity contribution < 1.29 is 9.66 Å². The Morgan fingerprint density at radius 1 is 1.17 bits per heavy atom. The van der Waals surface area contributed by atoms with E-state index >= 15 is 0 Å². The lowest BCUT2D eigenvalue weighted by Gasteiger charge is -2.41. The van der Waals surface area contributed by atoms with Crippen LogP contribution < -0.4 is 4.90 Å². The Labute approximate surface area is 176 Å². The molecule has 0 bridgehead atoms. The maximum atomic E-state index is 10.8. The maximum absolute atomic E-state index is 10.8. The van der Waals surface area contributed by atoms with E-state index < -0.39 is 0 Å². The van der Waals surface area contributed by atoms with Gasteiger partial charge >= 0.3 is 0 Å². The summed E-state index contributed by atoms with van der Waals surface area (Å²) in [6.07, 6.45) is 0. The SMILES string of the molecule is COCCn1nnnc1C(C(C)C)N1CCN(c2ccc([N+](=O)[O-])cc2)CC1.Cl. The number of piperazine rings is 1. The average molecular weight is 426 g/mol. The van der Waals surface area contributed by atoms with Crippen LogP contribution in [-0.2, 0) is 11.3 Å². The van der Waals surface area contributed by atoms with E-state index in [0.29, 0.717) is 19.1 Å². The molecule has 0 amide bonds. The van der Waals surface area contributed by atoms with Crippen LogP contribution in [0.3, 0.4) is 0 Å². The molecule has 1 unspecified atom stereocenters. The number of aromatic nitrogens is 4. The van der Waals surface area contributed by atoms with Crippen LogP contribution in [0.15, 0.2) is 24.3 Å². The normalized spacial score (nSPS) is 15.9. The molecule has 1 aromatic carbocycles. The Bertz CT molecular complexity index is 776. The van der Waals surface area contributed by atoms with Gasteiger partial charge in [0.25, 0.3) is 5.69 Å². The van der Waals surface area contributed by atoms with Crippen molar-refractivity contribution >= 4 is 23.8 Å². The van der Waals surface area contributed by atoms with Crippen LogP contribution in [0.25, 0.3) is 0 Å². The molecule has 160 valence electrons. The van der Waals surface area contributed by atoms with Crippen molar-refractivity contribution in [2.24, 2.45) is 5.92 Å². The molecule has 1 atom stereocenters. The van der Waals surface area contributed by atoms with Crippen LogP contribution in [0, 0.1) is 16.0 Å². The molecule has 10 nitrogen and oxygen atoms in total. The van der Waals surface area contributed by atoms with E-state index in [-0.39, 0.29) is 29.1 Å². The fourth-order valence-corrected chi connectivity index (χ4v) is 3.69. The average Bonchev–Trinajstić information content (AvgIpc) is 3.15. The van der Waals surface area contributed by atoms with Crippen LogP contribution in [0.1, 0.15) is 25.7 Å². The lowest BCUT2D eigenvalue weighted by Crippen LogP contribution is -2.49. The number of hydrogen-bond acceptors (Lipinski definition) is 8. The molecule has 1 saturated heterocycles. The third-order valence-corrected chi connectivity index (χ3v) is 5.10. The Morgan fingerprint density at radius 3 is 2.38 bits per heavy atom. The van der Waals surface area contributed by atoms with Crippen LogP contribution in [-0.4, -0.2) is 69.9 Å². The summed E-state index contributed by atoms with van der Waals surface area (Å²) in [5, 5.41) is 23.1. The van der Waals surface area contributed by atoms with Crippen molar-refractivity contribution in [3.8, 4) is 0 Å². The number of methoxy groups -OCH3 is 1. The molecule has 0 spiro atoms. The quantitative estimate of drug-likeness (QED) is 0.468. The Morgan fingerprint density at radius 2 is 1.83 bits per heavy atom. The highest BCUT2D eigenvalue weighted by atomic mass is 35.5. The molecule has 0 saturated carbocycles. The Hall–Kier alpha value is -2.30. The molecule has 0 aliphatic carbocycles. The van der Waals surface area contributed by atoms with Gasteiger partial charge in [-0.15, -0.1) is 17.5 Å². The topological polar surface area (TPSA) is 102 Å². The first-order chi connectivity index (χ1) is 13.5. The molecule has 1 aromatic heterocycles. The van der Waals surface area contributed by atoms with Gasteiger partial charge in [-0.25, -0.2) is 4.68 Å². The lowest BCUT2D eigenvalue weighted by molar-refractivity contribution is -0.384.